The molecule has 0 saturated heterocycles. The van der Waals surface area contributed by atoms with E-state index < -0.39 is 0 Å². The third-order valence-electron chi connectivity index (χ3n) is 3.89. The molecule has 0 bridgehead atoms. The lowest BCUT2D eigenvalue weighted by Crippen LogP contribution is -2.23. The first-order chi connectivity index (χ1) is 9.95. The summed E-state index contributed by atoms with van der Waals surface area (Å²) in [5, 5.41) is 4.44. The van der Waals surface area contributed by atoms with Crippen LogP contribution in [0.15, 0.2) is 34.8 Å². The first-order valence-electron chi connectivity index (χ1n) is 7.20. The largest absolute Gasteiger partial charge is 0.307 e. The Morgan fingerprint density at radius 3 is 2.48 bits per heavy atom. The van der Waals surface area contributed by atoms with E-state index in [0.717, 1.165) is 21.6 Å². The van der Waals surface area contributed by atoms with Crippen molar-refractivity contribution in [2.24, 2.45) is 0 Å². The maximum absolute atomic E-state index is 6.24. The van der Waals surface area contributed by atoms with Crippen LogP contribution in [0.4, 0.5) is 0 Å². The zero-order valence-electron chi connectivity index (χ0n) is 12.9. The zero-order valence-corrected chi connectivity index (χ0v) is 15.3. The molecule has 3 heteroatoms. The summed E-state index contributed by atoms with van der Waals surface area (Å²) in [6, 6.07) is 10.8. The first kappa shape index (κ1) is 16.5. The molecule has 0 aliphatic carbocycles. The Bertz CT molecular complexity index is 652. The summed E-state index contributed by atoms with van der Waals surface area (Å²) < 4.78 is 1.14. The van der Waals surface area contributed by atoms with Crippen LogP contribution in [-0.4, -0.2) is 6.54 Å². The molecule has 2 aromatic rings. The van der Waals surface area contributed by atoms with Crippen LogP contribution >= 0.6 is 27.5 Å². The number of hydrogen-bond donors (Lipinski definition) is 1. The molecule has 0 aromatic heterocycles. The highest BCUT2D eigenvalue weighted by molar-refractivity contribution is 9.10. The predicted octanol–water partition coefficient (Wildman–Crippen LogP) is 5.73. The molecule has 0 amide bonds. The lowest BCUT2D eigenvalue weighted by molar-refractivity contribution is 0.624. The molecule has 1 N–H and O–H groups in total. The van der Waals surface area contributed by atoms with Crippen molar-refractivity contribution in [2.75, 3.05) is 6.54 Å². The number of hydrogen-bond acceptors (Lipinski definition) is 1. The summed E-state index contributed by atoms with van der Waals surface area (Å²) >= 11 is 9.88. The maximum atomic E-state index is 6.24. The lowest BCUT2D eigenvalue weighted by Gasteiger charge is -2.24. The van der Waals surface area contributed by atoms with E-state index in [9.17, 15) is 0 Å². The second-order valence-corrected chi connectivity index (χ2v) is 6.66. The van der Waals surface area contributed by atoms with Gasteiger partial charge in [-0.15, -0.1) is 0 Å². The molecule has 0 radical (unpaired) electrons. The third kappa shape index (κ3) is 3.50. The molecule has 0 saturated carbocycles. The Balaban J connectivity index is 2.59. The molecule has 2 rings (SSSR count). The molecule has 0 fully saturated rings. The van der Waals surface area contributed by atoms with Gasteiger partial charge in [-0.05, 0) is 67.3 Å². The molecule has 21 heavy (non-hydrogen) atoms. The number of aryl methyl sites for hydroxylation is 2. The fraction of sp³-hybridized carbons (Fsp3) is 0.333. The van der Waals surface area contributed by atoms with Crippen LogP contribution in [0, 0.1) is 20.8 Å². The number of nitrogens with one attached hydrogen (secondary N) is 1. The monoisotopic (exact) mass is 365 g/mol. The van der Waals surface area contributed by atoms with Crippen LogP contribution in [-0.2, 0) is 0 Å². The Labute approximate surface area is 140 Å². The average Bonchev–Trinajstić information content (AvgIpc) is 2.44. The van der Waals surface area contributed by atoms with E-state index in [1.807, 2.05) is 0 Å². The van der Waals surface area contributed by atoms with Gasteiger partial charge in [0.2, 0.25) is 0 Å². The Morgan fingerprint density at radius 2 is 1.81 bits per heavy atom. The third-order valence-corrected chi connectivity index (χ3v) is 5.15. The van der Waals surface area contributed by atoms with Gasteiger partial charge < -0.3 is 5.32 Å². The molecule has 112 valence electrons. The van der Waals surface area contributed by atoms with Crippen LogP contribution in [0.1, 0.15) is 40.8 Å². The van der Waals surface area contributed by atoms with E-state index in [4.69, 9.17) is 11.6 Å². The second kappa shape index (κ2) is 6.95. The Kier molecular flexibility index (Phi) is 5.48. The highest BCUT2D eigenvalue weighted by atomic mass is 79.9. The zero-order chi connectivity index (χ0) is 15.6. The van der Waals surface area contributed by atoms with Crippen molar-refractivity contribution in [3.63, 3.8) is 0 Å². The smallest absolute Gasteiger partial charge is 0.0582 e. The van der Waals surface area contributed by atoms with Crippen molar-refractivity contribution in [3.05, 3.63) is 67.6 Å². The predicted molar refractivity (Wildman–Crippen MR) is 95.3 cm³/mol. The SMILES string of the molecule is CCNC(c1cc(C)c(Cl)cc1C)c1cccc(Br)c1C. The number of halogens is 2. The average molecular weight is 367 g/mol. The minimum Gasteiger partial charge on any atom is -0.307 e. The minimum absolute atomic E-state index is 0.184. The maximum Gasteiger partial charge on any atom is 0.0582 e. The van der Waals surface area contributed by atoms with E-state index in [0.29, 0.717) is 0 Å². The van der Waals surface area contributed by atoms with Gasteiger partial charge in [-0.3, -0.25) is 0 Å². The van der Waals surface area contributed by atoms with Crippen LogP contribution in [0.5, 0.6) is 0 Å². The first-order valence-corrected chi connectivity index (χ1v) is 8.37. The summed E-state index contributed by atoms with van der Waals surface area (Å²) in [5.41, 5.74) is 6.20. The Hall–Kier alpha value is -0.830. The number of rotatable bonds is 4. The molecule has 2 aromatic carbocycles. The van der Waals surface area contributed by atoms with Gasteiger partial charge in [0.25, 0.3) is 0 Å². The summed E-state index contributed by atoms with van der Waals surface area (Å²) in [5.74, 6) is 0. The van der Waals surface area contributed by atoms with Crippen LogP contribution in [0.25, 0.3) is 0 Å². The summed E-state index contributed by atoms with van der Waals surface area (Å²) in [6.45, 7) is 9.39. The molecule has 0 aliphatic rings. The van der Waals surface area contributed by atoms with Gasteiger partial charge in [-0.2, -0.15) is 0 Å². The second-order valence-electron chi connectivity index (χ2n) is 5.40. The van der Waals surface area contributed by atoms with Crippen molar-refractivity contribution in [3.8, 4) is 0 Å². The topological polar surface area (TPSA) is 12.0 Å². The standard InChI is InChI=1S/C18H21BrClN/c1-5-21-18(14-7-6-8-16(19)13(14)4)15-9-12(3)17(20)10-11(15)2/h6-10,18,21H,5H2,1-4H3. The van der Waals surface area contributed by atoms with Crippen LogP contribution in [0.3, 0.4) is 0 Å². The van der Waals surface area contributed by atoms with Gasteiger partial charge >= 0.3 is 0 Å². The summed E-state index contributed by atoms with van der Waals surface area (Å²) in [6.07, 6.45) is 0. The summed E-state index contributed by atoms with van der Waals surface area (Å²) in [4.78, 5) is 0. The molecule has 1 unspecified atom stereocenters. The van der Waals surface area contributed by atoms with Gasteiger partial charge in [0.05, 0.1) is 6.04 Å². The molecule has 0 spiro atoms. The van der Waals surface area contributed by atoms with E-state index in [1.165, 1.54) is 22.3 Å². The quantitative estimate of drug-likeness (QED) is 0.729. The fourth-order valence-corrected chi connectivity index (χ4v) is 3.24. The molecular weight excluding hydrogens is 346 g/mol. The molecule has 0 aliphatic heterocycles. The van der Waals surface area contributed by atoms with Gasteiger partial charge in [-0.1, -0.05) is 52.7 Å². The van der Waals surface area contributed by atoms with Gasteiger partial charge in [0.15, 0.2) is 0 Å². The fourth-order valence-electron chi connectivity index (χ4n) is 2.64. The van der Waals surface area contributed by atoms with Crippen LogP contribution in [0.2, 0.25) is 5.02 Å². The lowest BCUT2D eigenvalue weighted by atomic mass is 9.91. The number of benzene rings is 2. The molecule has 0 heterocycles. The minimum atomic E-state index is 0.184. The van der Waals surface area contributed by atoms with Gasteiger partial charge in [0, 0.05) is 9.50 Å². The highest BCUT2D eigenvalue weighted by Crippen LogP contribution is 2.32. The summed E-state index contributed by atoms with van der Waals surface area (Å²) in [7, 11) is 0. The molecule has 1 nitrogen and oxygen atoms in total. The van der Waals surface area contributed by atoms with E-state index >= 15 is 0 Å². The van der Waals surface area contributed by atoms with Crippen molar-refractivity contribution >= 4 is 27.5 Å². The molecule has 1 atom stereocenters. The normalized spacial score (nSPS) is 12.5. The van der Waals surface area contributed by atoms with E-state index in [2.05, 4.69) is 79.3 Å². The van der Waals surface area contributed by atoms with Crippen molar-refractivity contribution in [1.82, 2.24) is 5.32 Å². The molecular formula is C18H21BrClN. The highest BCUT2D eigenvalue weighted by Gasteiger charge is 2.19. The van der Waals surface area contributed by atoms with Crippen molar-refractivity contribution in [2.45, 2.75) is 33.7 Å². The van der Waals surface area contributed by atoms with Gasteiger partial charge in [0.1, 0.15) is 0 Å². The van der Waals surface area contributed by atoms with Crippen molar-refractivity contribution in [1.29, 1.82) is 0 Å². The van der Waals surface area contributed by atoms with Crippen molar-refractivity contribution < 1.29 is 0 Å². The van der Waals surface area contributed by atoms with Crippen LogP contribution < -0.4 is 5.32 Å². The van der Waals surface area contributed by atoms with Gasteiger partial charge in [-0.25, -0.2) is 0 Å². The van der Waals surface area contributed by atoms with E-state index in [1.54, 1.807) is 0 Å². The Morgan fingerprint density at radius 1 is 1.10 bits per heavy atom. The van der Waals surface area contributed by atoms with E-state index in [-0.39, 0.29) is 6.04 Å².